The molecule has 166 valence electrons. The summed E-state index contributed by atoms with van der Waals surface area (Å²) in [6, 6.07) is 11.9. The first-order chi connectivity index (χ1) is 15.3. The van der Waals surface area contributed by atoms with Gasteiger partial charge in [-0.1, -0.05) is 18.2 Å². The van der Waals surface area contributed by atoms with Crippen LogP contribution in [0.1, 0.15) is 22.3 Å². The molecule has 3 aromatic rings. The quantitative estimate of drug-likeness (QED) is 0.424. The van der Waals surface area contributed by atoms with Gasteiger partial charge in [-0.3, -0.25) is 10.1 Å². The Bertz CT molecular complexity index is 1160. The number of hydrogen-bond donors (Lipinski definition) is 0. The number of piperazine rings is 1. The summed E-state index contributed by atoms with van der Waals surface area (Å²) in [5.41, 5.74) is 5.69. The van der Waals surface area contributed by atoms with Gasteiger partial charge in [0.25, 0.3) is 0 Å². The van der Waals surface area contributed by atoms with E-state index in [1.54, 1.807) is 6.07 Å². The molecule has 1 aliphatic heterocycles. The van der Waals surface area contributed by atoms with E-state index in [1.807, 2.05) is 30.9 Å². The van der Waals surface area contributed by atoms with Crippen molar-refractivity contribution in [3.63, 3.8) is 0 Å². The number of nitro groups is 1. The van der Waals surface area contributed by atoms with Gasteiger partial charge >= 0.3 is 11.6 Å². The van der Waals surface area contributed by atoms with E-state index in [0.717, 1.165) is 24.2 Å². The molecule has 0 radical (unpaired) electrons. The van der Waals surface area contributed by atoms with Crippen molar-refractivity contribution in [2.75, 3.05) is 36.0 Å². The van der Waals surface area contributed by atoms with Gasteiger partial charge in [0, 0.05) is 31.9 Å². The molecule has 1 saturated heterocycles. The van der Waals surface area contributed by atoms with Crippen LogP contribution in [-0.2, 0) is 0 Å². The van der Waals surface area contributed by atoms with Crippen LogP contribution in [0.15, 0.2) is 42.7 Å². The standard InChI is InChI=1S/C24H27N5O3/c1-16-8-9-20(14-18(16)3)32-24-22(29(30)31)23(25-15-26-24)28-12-10-27(11-13-28)21-7-5-6-17(2)19(21)4/h5-9,14-15H,10-13H2,1-4H3. The second kappa shape index (κ2) is 8.82. The van der Waals surface area contributed by atoms with E-state index in [1.165, 1.54) is 23.1 Å². The van der Waals surface area contributed by atoms with Crippen molar-refractivity contribution in [1.29, 1.82) is 0 Å². The van der Waals surface area contributed by atoms with Crippen molar-refractivity contribution in [3.8, 4) is 11.6 Å². The third-order valence-corrected chi connectivity index (χ3v) is 6.14. The molecule has 32 heavy (non-hydrogen) atoms. The summed E-state index contributed by atoms with van der Waals surface area (Å²) in [4.78, 5) is 24.1. The van der Waals surface area contributed by atoms with E-state index >= 15 is 0 Å². The highest BCUT2D eigenvalue weighted by Crippen LogP contribution is 2.37. The second-order valence-corrected chi connectivity index (χ2v) is 8.15. The molecule has 2 aromatic carbocycles. The molecule has 1 aromatic heterocycles. The van der Waals surface area contributed by atoms with Crippen LogP contribution in [0.2, 0.25) is 0 Å². The minimum atomic E-state index is -0.456. The van der Waals surface area contributed by atoms with Crippen LogP contribution in [0.25, 0.3) is 0 Å². The molecule has 2 heterocycles. The van der Waals surface area contributed by atoms with Crippen LogP contribution in [0.3, 0.4) is 0 Å². The van der Waals surface area contributed by atoms with Gasteiger partial charge in [-0.05, 0) is 68.1 Å². The lowest BCUT2D eigenvalue weighted by Gasteiger charge is -2.37. The van der Waals surface area contributed by atoms with Crippen molar-refractivity contribution < 1.29 is 9.66 Å². The first kappa shape index (κ1) is 21.5. The Morgan fingerprint density at radius 3 is 2.31 bits per heavy atom. The smallest absolute Gasteiger partial charge is 0.373 e. The number of anilines is 2. The van der Waals surface area contributed by atoms with Crippen molar-refractivity contribution in [3.05, 3.63) is 75.1 Å². The van der Waals surface area contributed by atoms with Gasteiger partial charge in [-0.15, -0.1) is 0 Å². The van der Waals surface area contributed by atoms with E-state index in [0.29, 0.717) is 24.7 Å². The summed E-state index contributed by atoms with van der Waals surface area (Å²) in [5, 5.41) is 12.0. The molecule has 8 nitrogen and oxygen atoms in total. The molecule has 0 unspecified atom stereocenters. The molecule has 0 atom stereocenters. The second-order valence-electron chi connectivity index (χ2n) is 8.15. The third kappa shape index (κ3) is 4.21. The number of benzene rings is 2. The zero-order valence-electron chi connectivity index (χ0n) is 18.8. The summed E-state index contributed by atoms with van der Waals surface area (Å²) in [6.07, 6.45) is 1.33. The Balaban J connectivity index is 1.57. The minimum absolute atomic E-state index is 0.0415. The number of nitrogens with zero attached hydrogens (tertiary/aromatic N) is 5. The lowest BCUT2D eigenvalue weighted by atomic mass is 10.1. The maximum absolute atomic E-state index is 12.0. The van der Waals surface area contributed by atoms with Crippen LogP contribution in [-0.4, -0.2) is 41.1 Å². The van der Waals surface area contributed by atoms with Gasteiger partial charge in [0.05, 0.1) is 4.92 Å². The first-order valence-electron chi connectivity index (χ1n) is 10.7. The van der Waals surface area contributed by atoms with Crippen LogP contribution in [0, 0.1) is 37.8 Å². The van der Waals surface area contributed by atoms with Crippen LogP contribution in [0.5, 0.6) is 11.6 Å². The van der Waals surface area contributed by atoms with Crippen LogP contribution in [0.4, 0.5) is 17.2 Å². The highest BCUT2D eigenvalue weighted by Gasteiger charge is 2.31. The molecular formula is C24H27N5O3. The fraction of sp³-hybridized carbons (Fsp3) is 0.333. The molecular weight excluding hydrogens is 406 g/mol. The van der Waals surface area contributed by atoms with E-state index in [9.17, 15) is 10.1 Å². The van der Waals surface area contributed by atoms with Gasteiger partial charge in [0.15, 0.2) is 0 Å². The summed E-state index contributed by atoms with van der Waals surface area (Å²) in [6.45, 7) is 10.9. The number of hydrogen-bond acceptors (Lipinski definition) is 7. The van der Waals surface area contributed by atoms with E-state index < -0.39 is 4.92 Å². The molecule has 8 heteroatoms. The van der Waals surface area contributed by atoms with Gasteiger partial charge in [0.1, 0.15) is 12.1 Å². The predicted molar refractivity (Wildman–Crippen MR) is 125 cm³/mol. The van der Waals surface area contributed by atoms with Gasteiger partial charge < -0.3 is 14.5 Å². The highest BCUT2D eigenvalue weighted by molar-refractivity contribution is 5.65. The van der Waals surface area contributed by atoms with E-state index in [-0.39, 0.29) is 11.6 Å². The fourth-order valence-electron chi connectivity index (χ4n) is 3.95. The molecule has 1 fully saturated rings. The summed E-state index contributed by atoms with van der Waals surface area (Å²) in [5.74, 6) is 0.769. The maximum atomic E-state index is 12.0. The zero-order valence-corrected chi connectivity index (χ0v) is 18.8. The molecule has 0 bridgehead atoms. The first-order valence-corrected chi connectivity index (χ1v) is 10.7. The zero-order chi connectivity index (χ0) is 22.8. The molecule has 1 aliphatic rings. The number of rotatable bonds is 5. The topological polar surface area (TPSA) is 84.6 Å². The number of ether oxygens (including phenoxy) is 1. The largest absolute Gasteiger partial charge is 0.434 e. The normalized spacial score (nSPS) is 13.9. The SMILES string of the molecule is Cc1ccc(Oc2ncnc(N3CCN(c4cccc(C)c4C)CC3)c2[N+](=O)[O-])cc1C. The van der Waals surface area contributed by atoms with Crippen molar-refractivity contribution in [1.82, 2.24) is 9.97 Å². The van der Waals surface area contributed by atoms with Gasteiger partial charge in [0.2, 0.25) is 5.82 Å². The Morgan fingerprint density at radius 1 is 0.906 bits per heavy atom. The summed E-state index contributed by atoms with van der Waals surface area (Å²) < 4.78 is 5.83. The monoisotopic (exact) mass is 433 g/mol. The molecule has 0 amide bonds. The molecule has 0 N–H and O–H groups in total. The van der Waals surface area contributed by atoms with Gasteiger partial charge in [-0.25, -0.2) is 4.98 Å². The third-order valence-electron chi connectivity index (χ3n) is 6.14. The van der Waals surface area contributed by atoms with E-state index in [4.69, 9.17) is 4.74 Å². The van der Waals surface area contributed by atoms with Crippen molar-refractivity contribution in [2.24, 2.45) is 0 Å². The Labute approximate surface area is 187 Å². The predicted octanol–water partition coefficient (Wildman–Crippen LogP) is 4.74. The molecule has 0 spiro atoms. The van der Waals surface area contributed by atoms with Crippen LogP contribution >= 0.6 is 0 Å². The maximum Gasteiger partial charge on any atom is 0.373 e. The van der Waals surface area contributed by atoms with Crippen molar-refractivity contribution in [2.45, 2.75) is 27.7 Å². The fourth-order valence-corrected chi connectivity index (χ4v) is 3.95. The Morgan fingerprint density at radius 2 is 1.62 bits per heavy atom. The average molecular weight is 434 g/mol. The van der Waals surface area contributed by atoms with Crippen molar-refractivity contribution >= 4 is 17.2 Å². The lowest BCUT2D eigenvalue weighted by Crippen LogP contribution is -2.47. The summed E-state index contributed by atoms with van der Waals surface area (Å²) >= 11 is 0. The highest BCUT2D eigenvalue weighted by atomic mass is 16.6. The Hall–Kier alpha value is -3.68. The lowest BCUT2D eigenvalue weighted by molar-refractivity contribution is -0.385. The molecule has 0 saturated carbocycles. The van der Waals surface area contributed by atoms with Crippen LogP contribution < -0.4 is 14.5 Å². The van der Waals surface area contributed by atoms with Gasteiger partial charge in [-0.2, -0.15) is 4.98 Å². The average Bonchev–Trinajstić information content (AvgIpc) is 2.78. The number of aromatic nitrogens is 2. The van der Waals surface area contributed by atoms with E-state index in [2.05, 4.69) is 46.9 Å². The Kier molecular flexibility index (Phi) is 5.94. The molecule has 0 aliphatic carbocycles. The minimum Gasteiger partial charge on any atom is -0.434 e. The summed E-state index contributed by atoms with van der Waals surface area (Å²) in [7, 11) is 0. The number of aryl methyl sites for hydroxylation is 3. The molecule has 4 rings (SSSR count).